The topological polar surface area (TPSA) is 39.3 Å². The van der Waals surface area contributed by atoms with Crippen LogP contribution in [0.5, 0.6) is 0 Å². The molecule has 22 heavy (non-hydrogen) atoms. The number of aliphatic hydroxyl groups excluding tert-OH is 1. The van der Waals surface area contributed by atoms with Crippen molar-refractivity contribution in [3.8, 4) is 0 Å². The van der Waals surface area contributed by atoms with Gasteiger partial charge in [0.1, 0.15) is 0 Å². The van der Waals surface area contributed by atoms with Crippen LogP contribution in [0.25, 0.3) is 10.9 Å². The maximum absolute atomic E-state index is 9.48. The van der Waals surface area contributed by atoms with Gasteiger partial charge >= 0.3 is 0 Å². The Balaban J connectivity index is 1.60. The van der Waals surface area contributed by atoms with Crippen molar-refractivity contribution in [3.05, 3.63) is 35.5 Å². The van der Waals surface area contributed by atoms with Crippen molar-refractivity contribution in [2.45, 2.75) is 38.6 Å². The number of H-pyrrole nitrogens is 1. The van der Waals surface area contributed by atoms with E-state index in [2.05, 4.69) is 41.1 Å². The fraction of sp³-hybridized carbons (Fsp3) is 0.579. The Morgan fingerprint density at radius 1 is 1.36 bits per heavy atom. The summed E-state index contributed by atoms with van der Waals surface area (Å²) in [6.07, 6.45) is 4.68. The van der Waals surface area contributed by atoms with E-state index in [0.717, 1.165) is 12.3 Å². The minimum absolute atomic E-state index is 0.343. The molecule has 1 fully saturated rings. The number of nitrogens with zero attached hydrogens (tertiary/aromatic N) is 1. The first-order chi connectivity index (χ1) is 10.8. The number of fused-ring (bicyclic) bond motifs is 5. The van der Waals surface area contributed by atoms with Crippen LogP contribution in [0, 0.1) is 11.8 Å². The van der Waals surface area contributed by atoms with Gasteiger partial charge in [-0.15, -0.1) is 0 Å². The molecule has 0 radical (unpaired) electrons. The van der Waals surface area contributed by atoms with Gasteiger partial charge in [-0.3, -0.25) is 4.90 Å². The summed E-state index contributed by atoms with van der Waals surface area (Å²) in [5, 5.41) is 10.9. The second-order valence-corrected chi connectivity index (χ2v) is 7.12. The van der Waals surface area contributed by atoms with E-state index in [1.807, 2.05) is 0 Å². The molecule has 2 N–H and O–H groups in total. The highest BCUT2D eigenvalue weighted by molar-refractivity contribution is 5.85. The highest BCUT2D eigenvalue weighted by Crippen LogP contribution is 2.43. The molecule has 1 saturated heterocycles. The molecule has 2 aliphatic rings. The molecule has 3 unspecified atom stereocenters. The average Bonchev–Trinajstić information content (AvgIpc) is 3.12. The lowest BCUT2D eigenvalue weighted by Crippen LogP contribution is -2.31. The van der Waals surface area contributed by atoms with E-state index in [1.165, 1.54) is 48.9 Å². The van der Waals surface area contributed by atoms with Crippen molar-refractivity contribution in [1.29, 1.82) is 0 Å². The van der Waals surface area contributed by atoms with Crippen molar-refractivity contribution in [2.75, 3.05) is 19.7 Å². The number of benzene rings is 1. The van der Waals surface area contributed by atoms with Crippen LogP contribution in [0.2, 0.25) is 0 Å². The fourth-order valence-corrected chi connectivity index (χ4v) is 4.59. The van der Waals surface area contributed by atoms with E-state index in [1.54, 1.807) is 5.56 Å². The Kier molecular flexibility index (Phi) is 3.71. The molecule has 1 aromatic carbocycles. The maximum atomic E-state index is 9.48. The lowest BCUT2D eigenvalue weighted by atomic mass is 9.90. The van der Waals surface area contributed by atoms with Gasteiger partial charge in [-0.05, 0) is 42.7 Å². The molecule has 4 rings (SSSR count). The van der Waals surface area contributed by atoms with E-state index in [9.17, 15) is 5.11 Å². The molecule has 0 bridgehead atoms. The van der Waals surface area contributed by atoms with E-state index in [-0.39, 0.29) is 0 Å². The van der Waals surface area contributed by atoms with Crippen LogP contribution in [-0.4, -0.2) is 34.7 Å². The molecule has 1 aromatic heterocycles. The zero-order chi connectivity index (χ0) is 15.1. The van der Waals surface area contributed by atoms with Gasteiger partial charge in [-0.25, -0.2) is 0 Å². The summed E-state index contributed by atoms with van der Waals surface area (Å²) in [6, 6.07) is 9.28. The van der Waals surface area contributed by atoms with Gasteiger partial charge in [0, 0.05) is 36.3 Å². The van der Waals surface area contributed by atoms with Crippen molar-refractivity contribution in [3.63, 3.8) is 0 Å². The van der Waals surface area contributed by atoms with Gasteiger partial charge in [-0.2, -0.15) is 0 Å². The van der Waals surface area contributed by atoms with Gasteiger partial charge in [0.05, 0.1) is 6.04 Å². The summed E-state index contributed by atoms with van der Waals surface area (Å²) in [6.45, 7) is 4.93. The van der Waals surface area contributed by atoms with Gasteiger partial charge in [0.2, 0.25) is 0 Å². The van der Waals surface area contributed by atoms with E-state index >= 15 is 0 Å². The zero-order valence-electron chi connectivity index (χ0n) is 13.4. The molecule has 3 nitrogen and oxygen atoms in total. The lowest BCUT2D eigenvalue weighted by Gasteiger charge is -2.29. The Morgan fingerprint density at radius 2 is 2.23 bits per heavy atom. The normalized spacial score (nSPS) is 26.1. The van der Waals surface area contributed by atoms with Crippen LogP contribution in [-0.2, 0) is 6.42 Å². The molecule has 2 aromatic rings. The highest BCUT2D eigenvalue weighted by Gasteiger charge is 2.38. The first-order valence-electron chi connectivity index (χ1n) is 8.74. The fourth-order valence-electron chi connectivity index (χ4n) is 4.59. The number of nitrogens with one attached hydrogen (secondary N) is 1. The van der Waals surface area contributed by atoms with Crippen LogP contribution < -0.4 is 0 Å². The third kappa shape index (κ3) is 2.27. The molecule has 3 heterocycles. The average molecular weight is 298 g/mol. The second kappa shape index (κ2) is 5.71. The highest BCUT2D eigenvalue weighted by atomic mass is 16.3. The quantitative estimate of drug-likeness (QED) is 0.907. The summed E-state index contributed by atoms with van der Waals surface area (Å²) in [5.74, 6) is 1.22. The molecular formula is C19H26N2O. The van der Waals surface area contributed by atoms with Gasteiger partial charge in [0.25, 0.3) is 0 Å². The summed E-state index contributed by atoms with van der Waals surface area (Å²) in [7, 11) is 0. The monoisotopic (exact) mass is 298 g/mol. The largest absolute Gasteiger partial charge is 0.396 e. The first-order valence-corrected chi connectivity index (χ1v) is 8.74. The first kappa shape index (κ1) is 14.3. The SMILES string of the molecule is CCC(CO)CC1CC2c3[nH]c4ccccc4c3CCN2C1. The van der Waals surface area contributed by atoms with Crippen LogP contribution in [0.3, 0.4) is 0 Å². The Labute approximate surface area is 132 Å². The molecule has 118 valence electrons. The van der Waals surface area contributed by atoms with E-state index in [0.29, 0.717) is 18.6 Å². The van der Waals surface area contributed by atoms with E-state index in [4.69, 9.17) is 0 Å². The molecule has 3 heteroatoms. The van der Waals surface area contributed by atoms with Crippen LogP contribution in [0.4, 0.5) is 0 Å². The Bertz CT molecular complexity index is 658. The predicted molar refractivity (Wildman–Crippen MR) is 89.9 cm³/mol. The number of aromatic nitrogens is 1. The van der Waals surface area contributed by atoms with Gasteiger partial charge in [0.15, 0.2) is 0 Å². The summed E-state index contributed by atoms with van der Waals surface area (Å²) >= 11 is 0. The molecule has 0 aliphatic carbocycles. The molecule has 0 amide bonds. The van der Waals surface area contributed by atoms with E-state index < -0.39 is 0 Å². The summed E-state index contributed by atoms with van der Waals surface area (Å²) in [5.41, 5.74) is 4.30. The number of aliphatic hydroxyl groups is 1. The predicted octanol–water partition coefficient (Wildman–Crippen LogP) is 3.50. The maximum Gasteiger partial charge on any atom is 0.0504 e. The van der Waals surface area contributed by atoms with Crippen LogP contribution in [0.15, 0.2) is 24.3 Å². The zero-order valence-corrected chi connectivity index (χ0v) is 13.4. The molecular weight excluding hydrogens is 272 g/mol. The summed E-state index contributed by atoms with van der Waals surface area (Å²) in [4.78, 5) is 6.36. The van der Waals surface area contributed by atoms with Gasteiger partial charge < -0.3 is 10.1 Å². The Morgan fingerprint density at radius 3 is 3.05 bits per heavy atom. The third-order valence-electron chi connectivity index (χ3n) is 5.82. The van der Waals surface area contributed by atoms with Crippen LogP contribution in [0.1, 0.15) is 43.5 Å². The smallest absolute Gasteiger partial charge is 0.0504 e. The molecule has 2 aliphatic heterocycles. The number of aromatic amines is 1. The standard InChI is InChI=1S/C19H26N2O/c1-2-13(12-22)9-14-10-18-19-16(7-8-21(18)11-14)15-5-3-4-6-17(15)20-19/h3-6,13-14,18,20,22H,2,7-12H2,1H3. The van der Waals surface area contributed by atoms with Crippen molar-refractivity contribution in [2.24, 2.45) is 11.8 Å². The van der Waals surface area contributed by atoms with Crippen molar-refractivity contribution < 1.29 is 5.11 Å². The molecule has 0 saturated carbocycles. The molecule has 0 spiro atoms. The third-order valence-corrected chi connectivity index (χ3v) is 5.82. The Hall–Kier alpha value is -1.32. The summed E-state index contributed by atoms with van der Waals surface area (Å²) < 4.78 is 0. The second-order valence-electron chi connectivity index (χ2n) is 7.12. The molecule has 3 atom stereocenters. The van der Waals surface area contributed by atoms with Crippen LogP contribution >= 0.6 is 0 Å². The lowest BCUT2D eigenvalue weighted by molar-refractivity contribution is 0.194. The van der Waals surface area contributed by atoms with Crippen molar-refractivity contribution in [1.82, 2.24) is 9.88 Å². The minimum Gasteiger partial charge on any atom is -0.396 e. The number of rotatable bonds is 4. The minimum atomic E-state index is 0.343. The van der Waals surface area contributed by atoms with Gasteiger partial charge in [-0.1, -0.05) is 31.5 Å². The number of hydrogen-bond acceptors (Lipinski definition) is 2. The number of para-hydroxylation sites is 1. The number of hydrogen-bond donors (Lipinski definition) is 2. The van der Waals surface area contributed by atoms with Crippen molar-refractivity contribution >= 4 is 10.9 Å².